The van der Waals surface area contributed by atoms with Gasteiger partial charge in [0, 0.05) is 55.4 Å². The van der Waals surface area contributed by atoms with Gasteiger partial charge in [0.25, 0.3) is 0 Å². The quantitative estimate of drug-likeness (QED) is 0.169. The second-order valence-electron chi connectivity index (χ2n) is 15.1. The minimum absolute atomic E-state index is 0.672. The number of pyridine rings is 1. The molecule has 0 bridgehead atoms. The van der Waals surface area contributed by atoms with Crippen LogP contribution in [0.3, 0.4) is 0 Å². The SMILES string of the molecule is c1ccc(-c2cc(-c3ccc(-c4ccc(-c5ccc6oc7ccccc7c6c5)c5oc6ccccc6c45)cc3)nc(-c3ccc(-c4cccc5ncccc45)cc3)n2)cc1. The van der Waals surface area contributed by atoms with Gasteiger partial charge in [-0.25, -0.2) is 9.97 Å². The van der Waals surface area contributed by atoms with Gasteiger partial charge >= 0.3 is 0 Å². The molecule has 0 aliphatic rings. The van der Waals surface area contributed by atoms with Crippen molar-refractivity contribution in [1.29, 1.82) is 0 Å². The van der Waals surface area contributed by atoms with Crippen molar-refractivity contribution in [3.8, 4) is 67.3 Å². The van der Waals surface area contributed by atoms with Crippen molar-refractivity contribution in [2.75, 3.05) is 0 Å². The number of furan rings is 2. The third-order valence-corrected chi connectivity index (χ3v) is 11.6. The molecule has 8 aromatic carbocycles. The summed E-state index contributed by atoms with van der Waals surface area (Å²) in [5.74, 6) is 0.672. The van der Waals surface area contributed by atoms with Gasteiger partial charge in [-0.1, -0.05) is 146 Å². The summed E-state index contributed by atoms with van der Waals surface area (Å²) in [4.78, 5) is 14.8. The minimum Gasteiger partial charge on any atom is -0.456 e. The summed E-state index contributed by atoms with van der Waals surface area (Å²) in [6, 6.07) is 67.3. The van der Waals surface area contributed by atoms with Crippen molar-refractivity contribution in [2.24, 2.45) is 0 Å². The lowest BCUT2D eigenvalue weighted by Crippen LogP contribution is -1.96. The molecule has 0 unspecified atom stereocenters. The van der Waals surface area contributed by atoms with E-state index in [4.69, 9.17) is 18.8 Å². The second kappa shape index (κ2) is 13.8. The lowest BCUT2D eigenvalue weighted by atomic mass is 9.93. The van der Waals surface area contributed by atoms with Crippen LogP contribution in [0.4, 0.5) is 0 Å². The third kappa shape index (κ3) is 5.67. The van der Waals surface area contributed by atoms with Crippen LogP contribution in [-0.2, 0) is 0 Å². The Balaban J connectivity index is 0.943. The Kier molecular flexibility index (Phi) is 7.78. The monoisotopic (exact) mass is 767 g/mol. The number of para-hydroxylation sites is 2. The molecule has 0 saturated heterocycles. The van der Waals surface area contributed by atoms with Crippen molar-refractivity contribution in [3.63, 3.8) is 0 Å². The van der Waals surface area contributed by atoms with Crippen LogP contribution in [-0.4, -0.2) is 15.0 Å². The highest BCUT2D eigenvalue weighted by Gasteiger charge is 2.19. The molecule has 0 saturated carbocycles. The minimum atomic E-state index is 0.672. The van der Waals surface area contributed by atoms with Gasteiger partial charge < -0.3 is 8.83 Å². The average Bonchev–Trinajstić information content (AvgIpc) is 3.90. The van der Waals surface area contributed by atoms with Crippen LogP contribution >= 0.6 is 0 Å². The third-order valence-electron chi connectivity index (χ3n) is 11.6. The molecule has 5 nitrogen and oxygen atoms in total. The number of aromatic nitrogens is 3. The molecule has 0 atom stereocenters. The predicted molar refractivity (Wildman–Crippen MR) is 245 cm³/mol. The Morgan fingerprint density at radius 1 is 0.333 bits per heavy atom. The molecule has 0 spiro atoms. The number of hydrogen-bond acceptors (Lipinski definition) is 5. The summed E-state index contributed by atoms with van der Waals surface area (Å²) in [5, 5.41) is 5.49. The van der Waals surface area contributed by atoms with Crippen LogP contribution in [0, 0.1) is 0 Å². The summed E-state index contributed by atoms with van der Waals surface area (Å²) in [6.45, 7) is 0. The largest absolute Gasteiger partial charge is 0.456 e. The highest BCUT2D eigenvalue weighted by atomic mass is 16.3. The lowest BCUT2D eigenvalue weighted by Gasteiger charge is -2.12. The van der Waals surface area contributed by atoms with Gasteiger partial charge in [0.05, 0.1) is 16.9 Å². The molecular weight excluding hydrogens is 735 g/mol. The Morgan fingerprint density at radius 3 is 1.73 bits per heavy atom. The van der Waals surface area contributed by atoms with E-state index in [0.29, 0.717) is 5.82 Å². The number of rotatable bonds is 6. The van der Waals surface area contributed by atoms with Gasteiger partial charge in [0.2, 0.25) is 0 Å². The zero-order valence-corrected chi connectivity index (χ0v) is 32.2. The van der Waals surface area contributed by atoms with Gasteiger partial charge in [-0.3, -0.25) is 4.98 Å². The molecule has 0 radical (unpaired) electrons. The topological polar surface area (TPSA) is 65.0 Å². The normalized spacial score (nSPS) is 11.7. The van der Waals surface area contributed by atoms with E-state index < -0.39 is 0 Å². The van der Waals surface area contributed by atoms with Gasteiger partial charge in [0.1, 0.15) is 22.3 Å². The summed E-state index contributed by atoms with van der Waals surface area (Å²) in [6.07, 6.45) is 1.83. The summed E-state index contributed by atoms with van der Waals surface area (Å²) >= 11 is 0. The number of nitrogens with zero attached hydrogens (tertiary/aromatic N) is 3. The molecule has 0 amide bonds. The van der Waals surface area contributed by atoms with Crippen LogP contribution in [0.15, 0.2) is 209 Å². The van der Waals surface area contributed by atoms with Crippen LogP contribution in [0.5, 0.6) is 0 Å². The van der Waals surface area contributed by atoms with E-state index in [0.717, 1.165) is 116 Å². The predicted octanol–water partition coefficient (Wildman–Crippen LogP) is 14.8. The summed E-state index contributed by atoms with van der Waals surface area (Å²) in [7, 11) is 0. The molecular formula is C55H33N3O2. The van der Waals surface area contributed by atoms with E-state index in [1.165, 1.54) is 0 Å². The number of fused-ring (bicyclic) bond motifs is 7. The van der Waals surface area contributed by atoms with Gasteiger partial charge in [-0.15, -0.1) is 0 Å². The Labute approximate surface area is 344 Å². The first-order valence-corrected chi connectivity index (χ1v) is 20.1. The zero-order valence-electron chi connectivity index (χ0n) is 32.2. The van der Waals surface area contributed by atoms with Gasteiger partial charge in [-0.2, -0.15) is 0 Å². The van der Waals surface area contributed by atoms with Crippen LogP contribution < -0.4 is 0 Å². The molecule has 4 heterocycles. The van der Waals surface area contributed by atoms with Crippen molar-refractivity contribution < 1.29 is 8.83 Å². The van der Waals surface area contributed by atoms with Crippen LogP contribution in [0.25, 0.3) is 122 Å². The van der Waals surface area contributed by atoms with Crippen molar-refractivity contribution in [3.05, 3.63) is 200 Å². The molecule has 5 heteroatoms. The highest BCUT2D eigenvalue weighted by molar-refractivity contribution is 6.17. The Bertz CT molecular complexity index is 3580. The molecule has 12 rings (SSSR count). The van der Waals surface area contributed by atoms with E-state index >= 15 is 0 Å². The second-order valence-corrected chi connectivity index (χ2v) is 15.1. The van der Waals surface area contributed by atoms with E-state index in [9.17, 15) is 0 Å². The van der Waals surface area contributed by atoms with E-state index in [2.05, 4.69) is 145 Å². The average molecular weight is 768 g/mol. The lowest BCUT2D eigenvalue weighted by molar-refractivity contribution is 0.668. The van der Waals surface area contributed by atoms with E-state index in [1.54, 1.807) is 0 Å². The standard InChI is InChI=1S/C55H33N3O2/c1-2-10-36(11-3-1)48-33-49(58-55(57-48)38-25-21-34(22-26-38)40-14-8-16-47-43(40)15-9-31-56-47)37-23-19-35(20-24-37)41-28-29-42(54-53(41)45-13-5-7-18-51(45)60-54)39-27-30-52-46(32-39)44-12-4-6-17-50(44)59-52/h1-33H. The fourth-order valence-electron chi connectivity index (χ4n) is 8.65. The Morgan fingerprint density at radius 2 is 0.933 bits per heavy atom. The Hall–Kier alpha value is -8.15. The maximum absolute atomic E-state index is 6.69. The molecule has 280 valence electrons. The number of hydrogen-bond donors (Lipinski definition) is 0. The van der Waals surface area contributed by atoms with Crippen LogP contribution in [0.2, 0.25) is 0 Å². The van der Waals surface area contributed by atoms with Crippen LogP contribution in [0.1, 0.15) is 0 Å². The smallest absolute Gasteiger partial charge is 0.160 e. The molecule has 60 heavy (non-hydrogen) atoms. The zero-order chi connectivity index (χ0) is 39.6. The highest BCUT2D eigenvalue weighted by Crippen LogP contribution is 2.43. The fourth-order valence-corrected chi connectivity index (χ4v) is 8.65. The summed E-state index contributed by atoms with van der Waals surface area (Å²) < 4.78 is 12.8. The number of benzene rings is 8. The first-order valence-electron chi connectivity index (χ1n) is 20.1. The van der Waals surface area contributed by atoms with Crippen molar-refractivity contribution >= 4 is 54.8 Å². The van der Waals surface area contributed by atoms with Gasteiger partial charge in [0.15, 0.2) is 5.82 Å². The molecule has 0 aliphatic heterocycles. The molecule has 0 N–H and O–H groups in total. The van der Waals surface area contributed by atoms with Crippen molar-refractivity contribution in [2.45, 2.75) is 0 Å². The maximum Gasteiger partial charge on any atom is 0.160 e. The summed E-state index contributed by atoms with van der Waals surface area (Å²) in [5.41, 5.74) is 15.7. The maximum atomic E-state index is 6.69. The molecule has 0 aliphatic carbocycles. The van der Waals surface area contributed by atoms with Crippen molar-refractivity contribution in [1.82, 2.24) is 15.0 Å². The van der Waals surface area contributed by atoms with E-state index in [-0.39, 0.29) is 0 Å². The first-order chi connectivity index (χ1) is 29.7. The first kappa shape index (κ1) is 33.9. The molecule has 12 aromatic rings. The fraction of sp³-hybridized carbons (Fsp3) is 0. The van der Waals surface area contributed by atoms with Gasteiger partial charge in [-0.05, 0) is 76.3 Å². The molecule has 4 aromatic heterocycles. The molecule has 0 fully saturated rings. The van der Waals surface area contributed by atoms with E-state index in [1.807, 2.05) is 60.8 Å².